The molecule has 0 atom stereocenters. The Morgan fingerprint density at radius 1 is 1.34 bits per heavy atom. The van der Waals surface area contributed by atoms with E-state index in [0.717, 1.165) is 6.07 Å². The molecular weight excluding hydrogens is 447 g/mol. The van der Waals surface area contributed by atoms with E-state index in [1.165, 1.54) is 24.4 Å². The second-order valence-electron chi connectivity index (χ2n) is 6.82. The lowest BCUT2D eigenvalue weighted by molar-refractivity contribution is -0.138. The highest BCUT2D eigenvalue weighted by molar-refractivity contribution is 6.40. The molecule has 1 aliphatic heterocycles. The number of hydrogen-bond donors (Lipinski definition) is 1. The lowest BCUT2D eigenvalue weighted by Crippen LogP contribution is -2.33. The van der Waals surface area contributed by atoms with Gasteiger partial charge >= 0.3 is 6.18 Å². The van der Waals surface area contributed by atoms with Crippen molar-refractivity contribution in [2.75, 3.05) is 13.6 Å². The fourth-order valence-electron chi connectivity index (χ4n) is 3.27. The molecule has 7 nitrogen and oxygen atoms in total. The molecule has 1 aromatic carbocycles. The minimum atomic E-state index is -4.56. The van der Waals surface area contributed by atoms with Gasteiger partial charge in [0.1, 0.15) is 16.6 Å². The van der Waals surface area contributed by atoms with Crippen molar-refractivity contribution in [1.29, 1.82) is 0 Å². The van der Waals surface area contributed by atoms with Gasteiger partial charge in [-0.05, 0) is 18.6 Å². The lowest BCUT2D eigenvalue weighted by Gasteiger charge is -2.31. The molecule has 32 heavy (non-hydrogen) atoms. The standard InChI is InChI=1S/C21H21ClF3N5O2/c1-3-19-28-16-11-30(17(10-27-26-2)15(22)12-31)9-8-13(16)20(29-19)32-18-7-5-4-6-14(18)21(23,24)25/h4-7,10,12,26H,3,8-9,11H2,1-2H3/b17-15-,27-10-. The first-order chi connectivity index (χ1) is 15.3. The minimum Gasteiger partial charge on any atom is -0.438 e. The first-order valence-electron chi connectivity index (χ1n) is 9.80. The van der Waals surface area contributed by atoms with E-state index in [1.54, 1.807) is 7.05 Å². The molecule has 2 aromatic rings. The van der Waals surface area contributed by atoms with Gasteiger partial charge < -0.3 is 15.1 Å². The van der Waals surface area contributed by atoms with Gasteiger partial charge in [0.15, 0.2) is 6.29 Å². The molecule has 1 N–H and O–H groups in total. The Hall–Kier alpha value is -3.14. The third kappa shape index (κ3) is 5.18. The minimum absolute atomic E-state index is 0.0206. The summed E-state index contributed by atoms with van der Waals surface area (Å²) >= 11 is 6.07. The van der Waals surface area contributed by atoms with E-state index in [9.17, 15) is 18.0 Å². The second kappa shape index (κ2) is 9.99. The Labute approximate surface area is 187 Å². The first-order valence-corrected chi connectivity index (χ1v) is 10.2. The summed E-state index contributed by atoms with van der Waals surface area (Å²) in [5, 5.41) is 3.91. The topological polar surface area (TPSA) is 79.7 Å². The molecule has 1 aromatic heterocycles. The number of nitrogens with one attached hydrogen (secondary N) is 1. The van der Waals surface area contributed by atoms with Gasteiger partial charge in [0.05, 0.1) is 29.7 Å². The molecule has 0 saturated carbocycles. The summed E-state index contributed by atoms with van der Waals surface area (Å²) in [5.41, 5.74) is 3.33. The van der Waals surface area contributed by atoms with Crippen LogP contribution in [0.15, 0.2) is 40.1 Å². The maximum Gasteiger partial charge on any atom is 0.419 e. The van der Waals surface area contributed by atoms with Gasteiger partial charge in [0.25, 0.3) is 0 Å². The molecule has 0 aliphatic carbocycles. The van der Waals surface area contributed by atoms with Crippen molar-refractivity contribution >= 4 is 24.1 Å². The van der Waals surface area contributed by atoms with E-state index >= 15 is 0 Å². The van der Waals surface area contributed by atoms with E-state index < -0.39 is 11.7 Å². The molecule has 0 saturated heterocycles. The van der Waals surface area contributed by atoms with Crippen molar-refractivity contribution < 1.29 is 22.7 Å². The maximum absolute atomic E-state index is 13.4. The number of alkyl halides is 3. The number of para-hydroxylation sites is 1. The van der Waals surface area contributed by atoms with Crippen molar-refractivity contribution in [2.24, 2.45) is 5.10 Å². The number of fused-ring (bicyclic) bond motifs is 1. The van der Waals surface area contributed by atoms with Gasteiger partial charge in [-0.2, -0.15) is 23.3 Å². The van der Waals surface area contributed by atoms with Gasteiger partial charge in [-0.1, -0.05) is 30.7 Å². The summed E-state index contributed by atoms with van der Waals surface area (Å²) in [6, 6.07) is 5.00. The number of aryl methyl sites for hydroxylation is 1. The molecule has 3 rings (SSSR count). The van der Waals surface area contributed by atoms with Gasteiger partial charge in [0, 0.05) is 25.6 Å². The molecular formula is C21H21ClF3N5O2. The zero-order valence-electron chi connectivity index (χ0n) is 17.4. The lowest BCUT2D eigenvalue weighted by atomic mass is 10.0. The summed E-state index contributed by atoms with van der Waals surface area (Å²) < 4.78 is 45.9. The summed E-state index contributed by atoms with van der Waals surface area (Å²) in [6.45, 7) is 2.51. The number of carbonyl (C=O) groups excluding carboxylic acids is 1. The number of ether oxygens (including phenoxy) is 1. The van der Waals surface area contributed by atoms with E-state index in [4.69, 9.17) is 16.3 Å². The van der Waals surface area contributed by atoms with E-state index in [1.807, 2.05) is 11.8 Å². The second-order valence-corrected chi connectivity index (χ2v) is 7.23. The molecule has 0 spiro atoms. The van der Waals surface area contributed by atoms with E-state index in [0.29, 0.717) is 48.5 Å². The quantitative estimate of drug-likeness (QED) is 0.286. The van der Waals surface area contributed by atoms with Crippen LogP contribution in [0.25, 0.3) is 0 Å². The SMILES string of the molecule is CCc1nc2c(c(Oc3ccccc3C(F)(F)F)n1)CCN(C(/C=N\NC)=C(\Cl)C=O)C2. The highest BCUT2D eigenvalue weighted by Crippen LogP contribution is 2.39. The summed E-state index contributed by atoms with van der Waals surface area (Å²) in [6.07, 6.45) is -1.77. The Morgan fingerprint density at radius 2 is 2.09 bits per heavy atom. The molecule has 0 amide bonds. The normalized spacial score (nSPS) is 14.8. The molecule has 0 fully saturated rings. The van der Waals surface area contributed by atoms with Gasteiger partial charge in [-0.25, -0.2) is 4.98 Å². The van der Waals surface area contributed by atoms with E-state index in [2.05, 4.69) is 20.5 Å². The maximum atomic E-state index is 13.4. The largest absolute Gasteiger partial charge is 0.438 e. The van der Waals surface area contributed by atoms with Crippen LogP contribution in [0.5, 0.6) is 11.6 Å². The molecule has 0 unspecified atom stereocenters. The predicted octanol–water partition coefficient (Wildman–Crippen LogP) is 4.06. The van der Waals surface area contributed by atoms with Crippen LogP contribution in [-0.2, 0) is 30.4 Å². The Balaban J connectivity index is 2.01. The Bertz CT molecular complexity index is 1060. The van der Waals surface area contributed by atoms with Crippen molar-refractivity contribution in [3.05, 3.63) is 57.6 Å². The number of rotatable bonds is 7. The predicted molar refractivity (Wildman–Crippen MR) is 114 cm³/mol. The summed E-state index contributed by atoms with van der Waals surface area (Å²) in [5.74, 6) is 0.205. The number of aromatic nitrogens is 2. The average Bonchev–Trinajstić information content (AvgIpc) is 2.78. The van der Waals surface area contributed by atoms with Crippen LogP contribution >= 0.6 is 11.6 Å². The number of halogens is 4. The van der Waals surface area contributed by atoms with Crippen molar-refractivity contribution in [2.45, 2.75) is 32.5 Å². The van der Waals surface area contributed by atoms with Crippen molar-refractivity contribution in [3.8, 4) is 11.6 Å². The van der Waals surface area contributed by atoms with Crippen LogP contribution in [-0.4, -0.2) is 41.0 Å². The molecule has 1 aliphatic rings. The highest BCUT2D eigenvalue weighted by atomic mass is 35.5. The number of carbonyl (C=O) groups is 1. The van der Waals surface area contributed by atoms with Gasteiger partial charge in [-0.15, -0.1) is 0 Å². The Morgan fingerprint density at radius 3 is 2.75 bits per heavy atom. The molecule has 11 heteroatoms. The number of allylic oxidation sites excluding steroid dienone is 2. The monoisotopic (exact) mass is 467 g/mol. The third-order valence-corrected chi connectivity index (χ3v) is 5.08. The average molecular weight is 468 g/mol. The third-order valence-electron chi connectivity index (χ3n) is 4.79. The smallest absolute Gasteiger partial charge is 0.419 e. The Kier molecular flexibility index (Phi) is 7.34. The van der Waals surface area contributed by atoms with Crippen molar-refractivity contribution in [1.82, 2.24) is 20.3 Å². The fraction of sp³-hybridized carbons (Fsp3) is 0.333. The number of benzene rings is 1. The van der Waals surface area contributed by atoms with Crippen LogP contribution in [0.3, 0.4) is 0 Å². The molecule has 170 valence electrons. The number of hydrazone groups is 1. The highest BCUT2D eigenvalue weighted by Gasteiger charge is 2.35. The van der Waals surface area contributed by atoms with Crippen LogP contribution < -0.4 is 10.2 Å². The number of aldehydes is 1. The zero-order chi connectivity index (χ0) is 23.3. The van der Waals surface area contributed by atoms with Gasteiger partial charge in [-0.3, -0.25) is 4.79 Å². The molecule has 2 heterocycles. The summed E-state index contributed by atoms with van der Waals surface area (Å²) in [7, 11) is 1.61. The van der Waals surface area contributed by atoms with Crippen LogP contribution in [0.4, 0.5) is 13.2 Å². The van der Waals surface area contributed by atoms with Crippen LogP contribution in [0, 0.1) is 0 Å². The van der Waals surface area contributed by atoms with E-state index in [-0.39, 0.29) is 23.2 Å². The fourth-order valence-corrected chi connectivity index (χ4v) is 3.44. The van der Waals surface area contributed by atoms with Crippen molar-refractivity contribution in [3.63, 3.8) is 0 Å². The number of hydrogen-bond acceptors (Lipinski definition) is 7. The number of nitrogens with zero attached hydrogens (tertiary/aromatic N) is 4. The van der Waals surface area contributed by atoms with Crippen LogP contribution in [0.1, 0.15) is 29.6 Å². The zero-order valence-corrected chi connectivity index (χ0v) is 18.2. The molecule has 0 bridgehead atoms. The first kappa shape index (κ1) is 23.5. The van der Waals surface area contributed by atoms with Gasteiger partial charge in [0.2, 0.25) is 5.88 Å². The summed E-state index contributed by atoms with van der Waals surface area (Å²) in [4.78, 5) is 21.9. The molecule has 0 radical (unpaired) electrons. The van der Waals surface area contributed by atoms with Crippen LogP contribution in [0.2, 0.25) is 0 Å².